The summed E-state index contributed by atoms with van der Waals surface area (Å²) in [5, 5.41) is 5.32. The summed E-state index contributed by atoms with van der Waals surface area (Å²) in [6.07, 6.45) is 0. The van der Waals surface area contributed by atoms with Crippen LogP contribution in [0.3, 0.4) is 0 Å². The second-order valence-electron chi connectivity index (χ2n) is 7.56. The first-order chi connectivity index (χ1) is 15.9. The number of carbonyl (C=O) groups excluding carboxylic acids is 3. The fraction of sp³-hybridized carbons (Fsp3) is 0.120. The van der Waals surface area contributed by atoms with E-state index in [1.54, 1.807) is 36.4 Å². The predicted octanol–water partition coefficient (Wildman–Crippen LogP) is 2.48. The third-order valence-corrected chi connectivity index (χ3v) is 5.19. The lowest BCUT2D eigenvalue weighted by Crippen LogP contribution is -2.33. The third-order valence-electron chi connectivity index (χ3n) is 5.19. The highest BCUT2D eigenvalue weighted by molar-refractivity contribution is 5.98. The summed E-state index contributed by atoms with van der Waals surface area (Å²) < 4.78 is 2.05. The monoisotopic (exact) mass is 441 g/mol. The Morgan fingerprint density at radius 2 is 1.55 bits per heavy atom. The number of nitrogens with one attached hydrogen (secondary N) is 2. The minimum atomic E-state index is -0.608. The van der Waals surface area contributed by atoms with E-state index < -0.39 is 5.91 Å². The van der Waals surface area contributed by atoms with Gasteiger partial charge in [0.2, 0.25) is 5.91 Å². The number of nitrogens with two attached hydrogens (primary N) is 1. The van der Waals surface area contributed by atoms with Gasteiger partial charge in [0.1, 0.15) is 5.82 Å². The van der Waals surface area contributed by atoms with E-state index in [4.69, 9.17) is 5.73 Å². The van der Waals surface area contributed by atoms with Crippen molar-refractivity contribution in [3.8, 4) is 5.69 Å². The van der Waals surface area contributed by atoms with Crippen LogP contribution in [-0.4, -0.2) is 33.8 Å². The lowest BCUT2D eigenvalue weighted by atomic mass is 10.1. The van der Waals surface area contributed by atoms with Crippen molar-refractivity contribution in [2.45, 2.75) is 13.5 Å². The summed E-state index contributed by atoms with van der Waals surface area (Å²) in [4.78, 5) is 40.0. The normalized spacial score (nSPS) is 10.7. The maximum atomic E-state index is 12.7. The topological polar surface area (TPSA) is 119 Å². The SMILES string of the molecule is Cc1nc2cc(C(=O)NCc3ccc(C(=O)NCC(N)=O)cc3)ccc2n1-c1ccccc1. The summed E-state index contributed by atoms with van der Waals surface area (Å²) in [6, 6.07) is 22.2. The van der Waals surface area contributed by atoms with Crippen LogP contribution < -0.4 is 16.4 Å². The largest absolute Gasteiger partial charge is 0.368 e. The fourth-order valence-corrected chi connectivity index (χ4v) is 3.57. The first-order valence-electron chi connectivity index (χ1n) is 10.4. The first kappa shape index (κ1) is 21.8. The molecule has 0 radical (unpaired) electrons. The maximum absolute atomic E-state index is 12.7. The van der Waals surface area contributed by atoms with Gasteiger partial charge in [-0.05, 0) is 55.0 Å². The van der Waals surface area contributed by atoms with Gasteiger partial charge in [-0.2, -0.15) is 0 Å². The quantitative estimate of drug-likeness (QED) is 0.408. The minimum Gasteiger partial charge on any atom is -0.368 e. The van der Waals surface area contributed by atoms with Crippen molar-refractivity contribution in [2.75, 3.05) is 6.54 Å². The molecule has 3 amide bonds. The Morgan fingerprint density at radius 1 is 0.879 bits per heavy atom. The molecule has 0 saturated carbocycles. The van der Waals surface area contributed by atoms with Gasteiger partial charge in [0.05, 0.1) is 17.6 Å². The van der Waals surface area contributed by atoms with Crippen molar-refractivity contribution < 1.29 is 14.4 Å². The molecular formula is C25H23N5O3. The van der Waals surface area contributed by atoms with E-state index in [2.05, 4.69) is 20.2 Å². The van der Waals surface area contributed by atoms with Gasteiger partial charge < -0.3 is 16.4 Å². The van der Waals surface area contributed by atoms with Gasteiger partial charge in [-0.3, -0.25) is 19.0 Å². The van der Waals surface area contributed by atoms with E-state index >= 15 is 0 Å². The zero-order valence-electron chi connectivity index (χ0n) is 18.0. The fourth-order valence-electron chi connectivity index (χ4n) is 3.57. The van der Waals surface area contributed by atoms with E-state index in [1.165, 1.54) is 0 Å². The Bertz CT molecular complexity index is 1330. The molecule has 0 atom stereocenters. The summed E-state index contributed by atoms with van der Waals surface area (Å²) in [7, 11) is 0. The molecule has 4 N–H and O–H groups in total. The molecule has 4 aromatic rings. The second-order valence-corrected chi connectivity index (χ2v) is 7.56. The smallest absolute Gasteiger partial charge is 0.251 e. The Hall–Kier alpha value is -4.46. The van der Waals surface area contributed by atoms with Gasteiger partial charge >= 0.3 is 0 Å². The van der Waals surface area contributed by atoms with E-state index in [-0.39, 0.29) is 18.4 Å². The van der Waals surface area contributed by atoms with Crippen LogP contribution in [0.25, 0.3) is 16.7 Å². The summed E-state index contributed by atoms with van der Waals surface area (Å²) in [5.41, 5.74) is 9.47. The summed E-state index contributed by atoms with van der Waals surface area (Å²) >= 11 is 0. The van der Waals surface area contributed by atoms with Crippen LogP contribution in [0.15, 0.2) is 72.8 Å². The number of carbonyl (C=O) groups is 3. The Balaban J connectivity index is 1.43. The molecule has 0 unspecified atom stereocenters. The van der Waals surface area contributed by atoms with Gasteiger partial charge in [-0.1, -0.05) is 30.3 Å². The Morgan fingerprint density at radius 3 is 2.24 bits per heavy atom. The van der Waals surface area contributed by atoms with Crippen molar-refractivity contribution in [3.05, 3.63) is 95.3 Å². The van der Waals surface area contributed by atoms with Gasteiger partial charge in [0.15, 0.2) is 0 Å². The number of para-hydroxylation sites is 1. The standard InChI is InChI=1S/C25H23N5O3/c1-16-29-21-13-19(11-12-22(21)30(16)20-5-3-2-4-6-20)25(33)27-14-17-7-9-18(10-8-17)24(32)28-15-23(26)31/h2-13H,14-15H2,1H3,(H2,26,31)(H,27,33)(H,28,32). The van der Waals surface area contributed by atoms with Gasteiger partial charge in [0, 0.05) is 23.4 Å². The molecule has 1 aromatic heterocycles. The first-order valence-corrected chi connectivity index (χ1v) is 10.4. The predicted molar refractivity (Wildman–Crippen MR) is 125 cm³/mol. The number of amides is 3. The molecule has 166 valence electrons. The van der Waals surface area contributed by atoms with Crippen LogP contribution in [0, 0.1) is 6.92 Å². The van der Waals surface area contributed by atoms with Crippen LogP contribution >= 0.6 is 0 Å². The average Bonchev–Trinajstić information content (AvgIpc) is 3.16. The number of aromatic nitrogens is 2. The van der Waals surface area contributed by atoms with Crippen LogP contribution in [0.2, 0.25) is 0 Å². The zero-order chi connectivity index (χ0) is 23.4. The summed E-state index contributed by atoms with van der Waals surface area (Å²) in [6.45, 7) is 2.02. The molecule has 0 aliphatic heterocycles. The third kappa shape index (κ3) is 4.90. The lowest BCUT2D eigenvalue weighted by molar-refractivity contribution is -0.117. The van der Waals surface area contributed by atoms with Gasteiger partial charge in [-0.25, -0.2) is 4.98 Å². The molecule has 3 aromatic carbocycles. The number of aryl methyl sites for hydroxylation is 1. The molecule has 33 heavy (non-hydrogen) atoms. The van der Waals surface area contributed by atoms with E-state index in [0.717, 1.165) is 28.1 Å². The molecule has 0 saturated heterocycles. The number of imidazole rings is 1. The summed E-state index contributed by atoms with van der Waals surface area (Å²) in [5.74, 6) is -0.369. The second kappa shape index (κ2) is 9.35. The molecule has 0 aliphatic carbocycles. The number of hydrogen-bond acceptors (Lipinski definition) is 4. The molecule has 8 nitrogen and oxygen atoms in total. The minimum absolute atomic E-state index is 0.216. The van der Waals surface area contributed by atoms with Crippen LogP contribution in [0.4, 0.5) is 0 Å². The van der Waals surface area contributed by atoms with Gasteiger partial charge in [-0.15, -0.1) is 0 Å². The average molecular weight is 441 g/mol. The van der Waals surface area contributed by atoms with E-state index in [9.17, 15) is 14.4 Å². The maximum Gasteiger partial charge on any atom is 0.251 e. The molecule has 0 spiro atoms. The van der Waals surface area contributed by atoms with Gasteiger partial charge in [0.25, 0.3) is 11.8 Å². The molecule has 0 bridgehead atoms. The molecular weight excluding hydrogens is 418 g/mol. The van der Waals surface area contributed by atoms with Crippen molar-refractivity contribution in [3.63, 3.8) is 0 Å². The Kier molecular flexibility index (Phi) is 6.17. The number of nitrogens with zero attached hydrogens (tertiary/aromatic N) is 2. The van der Waals surface area contributed by atoms with Crippen molar-refractivity contribution in [1.29, 1.82) is 0 Å². The highest BCUT2D eigenvalue weighted by atomic mass is 16.2. The van der Waals surface area contributed by atoms with Crippen LogP contribution in [0.5, 0.6) is 0 Å². The van der Waals surface area contributed by atoms with Crippen molar-refractivity contribution in [1.82, 2.24) is 20.2 Å². The molecule has 8 heteroatoms. The number of fused-ring (bicyclic) bond motifs is 1. The lowest BCUT2D eigenvalue weighted by Gasteiger charge is -2.08. The van der Waals surface area contributed by atoms with Crippen molar-refractivity contribution in [2.24, 2.45) is 5.73 Å². The zero-order valence-corrected chi connectivity index (χ0v) is 18.0. The highest BCUT2D eigenvalue weighted by Crippen LogP contribution is 2.22. The highest BCUT2D eigenvalue weighted by Gasteiger charge is 2.13. The number of rotatable bonds is 7. The van der Waals surface area contributed by atoms with E-state index in [1.807, 2.05) is 43.3 Å². The molecule has 1 heterocycles. The molecule has 4 rings (SSSR count). The number of benzene rings is 3. The molecule has 0 fully saturated rings. The number of hydrogen-bond donors (Lipinski definition) is 3. The molecule has 0 aliphatic rings. The Labute approximate surface area is 190 Å². The van der Waals surface area contributed by atoms with Crippen molar-refractivity contribution >= 4 is 28.8 Å². The van der Waals surface area contributed by atoms with Crippen LogP contribution in [-0.2, 0) is 11.3 Å². The number of primary amides is 1. The van der Waals surface area contributed by atoms with E-state index in [0.29, 0.717) is 17.7 Å². The van der Waals surface area contributed by atoms with Crippen LogP contribution in [0.1, 0.15) is 32.1 Å².